The van der Waals surface area contributed by atoms with Crippen molar-refractivity contribution in [3.8, 4) is 5.75 Å². The zero-order valence-electron chi connectivity index (χ0n) is 9.54. The lowest BCUT2D eigenvalue weighted by Crippen LogP contribution is -2.10. The second-order valence-electron chi connectivity index (χ2n) is 3.82. The van der Waals surface area contributed by atoms with Gasteiger partial charge in [0.15, 0.2) is 12.4 Å². The Bertz CT molecular complexity index is 441. The first kappa shape index (κ1) is 13.0. The lowest BCUT2D eigenvalue weighted by atomic mass is 10.0. The number of nitro benzene ring substituents is 1. The SMILES string of the molecule is CC(C)c1ccc(OCC(=O)O)c([N+](=O)[O-])c1. The van der Waals surface area contributed by atoms with E-state index in [4.69, 9.17) is 9.84 Å². The Morgan fingerprint density at radius 2 is 2.18 bits per heavy atom. The first-order valence-electron chi connectivity index (χ1n) is 5.04. The molecular formula is C11H13NO5. The van der Waals surface area contributed by atoms with Crippen molar-refractivity contribution in [3.63, 3.8) is 0 Å². The predicted octanol–water partition coefficient (Wildman–Crippen LogP) is 2.18. The summed E-state index contributed by atoms with van der Waals surface area (Å²) in [4.78, 5) is 20.6. The highest BCUT2D eigenvalue weighted by Crippen LogP contribution is 2.30. The average Bonchev–Trinajstić information content (AvgIpc) is 2.25. The topological polar surface area (TPSA) is 89.7 Å². The third-order valence-corrected chi connectivity index (χ3v) is 2.20. The van der Waals surface area contributed by atoms with E-state index in [2.05, 4.69) is 0 Å². The van der Waals surface area contributed by atoms with Crippen LogP contribution in [0.15, 0.2) is 18.2 Å². The van der Waals surface area contributed by atoms with Crippen molar-refractivity contribution in [2.75, 3.05) is 6.61 Å². The number of hydrogen-bond acceptors (Lipinski definition) is 4. The standard InChI is InChI=1S/C11H13NO5/c1-7(2)8-3-4-10(17-6-11(13)14)9(5-8)12(15)16/h3-5,7H,6H2,1-2H3,(H,13,14). The molecule has 0 saturated carbocycles. The van der Waals surface area contributed by atoms with Gasteiger partial charge in [-0.05, 0) is 17.5 Å². The van der Waals surface area contributed by atoms with Crippen LogP contribution in [0.4, 0.5) is 5.69 Å². The zero-order valence-corrected chi connectivity index (χ0v) is 9.54. The van der Waals surface area contributed by atoms with E-state index in [0.717, 1.165) is 5.56 Å². The molecule has 0 saturated heterocycles. The smallest absolute Gasteiger partial charge is 0.341 e. The van der Waals surface area contributed by atoms with Gasteiger partial charge in [-0.3, -0.25) is 10.1 Å². The lowest BCUT2D eigenvalue weighted by molar-refractivity contribution is -0.385. The Morgan fingerprint density at radius 3 is 2.65 bits per heavy atom. The molecule has 0 unspecified atom stereocenters. The van der Waals surface area contributed by atoms with E-state index >= 15 is 0 Å². The summed E-state index contributed by atoms with van der Waals surface area (Å²) >= 11 is 0. The van der Waals surface area contributed by atoms with Crippen LogP contribution in [-0.4, -0.2) is 22.6 Å². The molecule has 0 spiro atoms. The van der Waals surface area contributed by atoms with Gasteiger partial charge in [0.25, 0.3) is 0 Å². The number of benzene rings is 1. The number of ether oxygens (including phenoxy) is 1. The molecule has 0 radical (unpaired) electrons. The van der Waals surface area contributed by atoms with Crippen molar-refractivity contribution in [2.24, 2.45) is 0 Å². The molecule has 1 aromatic carbocycles. The van der Waals surface area contributed by atoms with Crippen LogP contribution in [0.5, 0.6) is 5.75 Å². The molecular weight excluding hydrogens is 226 g/mol. The van der Waals surface area contributed by atoms with Gasteiger partial charge in [-0.25, -0.2) is 4.79 Å². The summed E-state index contributed by atoms with van der Waals surface area (Å²) in [5, 5.41) is 19.3. The Morgan fingerprint density at radius 1 is 1.53 bits per heavy atom. The number of aliphatic carboxylic acids is 1. The Labute approximate surface area is 98.0 Å². The molecule has 0 aliphatic carbocycles. The normalized spacial score (nSPS) is 10.3. The van der Waals surface area contributed by atoms with Crippen molar-refractivity contribution >= 4 is 11.7 Å². The van der Waals surface area contributed by atoms with Crippen LogP contribution in [0.3, 0.4) is 0 Å². The fraction of sp³-hybridized carbons (Fsp3) is 0.364. The van der Waals surface area contributed by atoms with Gasteiger partial charge in [0, 0.05) is 6.07 Å². The number of carboxylic acids is 1. The van der Waals surface area contributed by atoms with Gasteiger partial charge in [-0.1, -0.05) is 19.9 Å². The van der Waals surface area contributed by atoms with Gasteiger partial charge in [0.05, 0.1) is 4.92 Å². The number of carbonyl (C=O) groups is 1. The van der Waals surface area contributed by atoms with E-state index in [1.807, 2.05) is 13.8 Å². The molecule has 0 fully saturated rings. The highest BCUT2D eigenvalue weighted by molar-refractivity contribution is 5.68. The number of rotatable bonds is 5. The van der Waals surface area contributed by atoms with Crippen molar-refractivity contribution in [2.45, 2.75) is 19.8 Å². The fourth-order valence-electron chi connectivity index (χ4n) is 1.30. The van der Waals surface area contributed by atoms with Crippen LogP contribution in [0.2, 0.25) is 0 Å². The molecule has 1 aromatic rings. The maximum atomic E-state index is 10.8. The average molecular weight is 239 g/mol. The molecule has 0 heterocycles. The zero-order chi connectivity index (χ0) is 13.0. The molecule has 17 heavy (non-hydrogen) atoms. The van der Waals surface area contributed by atoms with Crippen LogP contribution in [-0.2, 0) is 4.79 Å². The summed E-state index contributed by atoms with van der Waals surface area (Å²) in [6.45, 7) is 3.23. The molecule has 1 rings (SSSR count). The summed E-state index contributed by atoms with van der Waals surface area (Å²) in [5.41, 5.74) is 0.594. The monoisotopic (exact) mass is 239 g/mol. The van der Waals surface area contributed by atoms with Crippen molar-refractivity contribution in [1.82, 2.24) is 0 Å². The number of carboxylic acid groups (broad SMARTS) is 1. The molecule has 6 nitrogen and oxygen atoms in total. The molecule has 92 valence electrons. The fourth-order valence-corrected chi connectivity index (χ4v) is 1.30. The highest BCUT2D eigenvalue weighted by Gasteiger charge is 2.17. The van der Waals surface area contributed by atoms with Gasteiger partial charge in [-0.15, -0.1) is 0 Å². The number of nitro groups is 1. The summed E-state index contributed by atoms with van der Waals surface area (Å²) in [6.07, 6.45) is 0. The Kier molecular flexibility index (Phi) is 4.03. The van der Waals surface area contributed by atoms with Gasteiger partial charge < -0.3 is 9.84 Å². The number of nitrogens with zero attached hydrogens (tertiary/aromatic N) is 1. The minimum absolute atomic E-state index is 0.0261. The minimum atomic E-state index is -1.17. The van der Waals surface area contributed by atoms with E-state index in [1.54, 1.807) is 6.07 Å². The van der Waals surface area contributed by atoms with E-state index in [9.17, 15) is 14.9 Å². The minimum Gasteiger partial charge on any atom is -0.479 e. The molecule has 1 N–H and O–H groups in total. The van der Waals surface area contributed by atoms with Crippen LogP contribution < -0.4 is 4.74 Å². The molecule has 6 heteroatoms. The molecule has 0 bridgehead atoms. The lowest BCUT2D eigenvalue weighted by Gasteiger charge is -2.08. The van der Waals surface area contributed by atoms with E-state index in [-0.39, 0.29) is 17.4 Å². The number of hydrogen-bond donors (Lipinski definition) is 1. The van der Waals surface area contributed by atoms with Crippen LogP contribution in [0.25, 0.3) is 0 Å². The van der Waals surface area contributed by atoms with Crippen LogP contribution in [0.1, 0.15) is 25.3 Å². The summed E-state index contributed by atoms with van der Waals surface area (Å²) in [7, 11) is 0. The first-order chi connectivity index (χ1) is 7.91. The summed E-state index contributed by atoms with van der Waals surface area (Å²) in [6, 6.07) is 4.52. The summed E-state index contributed by atoms with van der Waals surface area (Å²) < 4.78 is 4.85. The maximum Gasteiger partial charge on any atom is 0.341 e. The molecule has 0 amide bonds. The quantitative estimate of drug-likeness (QED) is 0.628. The second kappa shape index (κ2) is 5.29. The second-order valence-corrected chi connectivity index (χ2v) is 3.82. The van der Waals surface area contributed by atoms with Crippen molar-refractivity contribution < 1.29 is 19.6 Å². The molecule has 0 aromatic heterocycles. The maximum absolute atomic E-state index is 10.8. The predicted molar refractivity (Wildman–Crippen MR) is 60.3 cm³/mol. The van der Waals surface area contributed by atoms with Gasteiger partial charge in [-0.2, -0.15) is 0 Å². The van der Waals surface area contributed by atoms with E-state index < -0.39 is 17.5 Å². The van der Waals surface area contributed by atoms with Crippen LogP contribution >= 0.6 is 0 Å². The molecule has 0 atom stereocenters. The third-order valence-electron chi connectivity index (χ3n) is 2.20. The highest BCUT2D eigenvalue weighted by atomic mass is 16.6. The van der Waals surface area contributed by atoms with Crippen molar-refractivity contribution in [1.29, 1.82) is 0 Å². The van der Waals surface area contributed by atoms with Gasteiger partial charge in [0.2, 0.25) is 0 Å². The molecule has 0 aliphatic heterocycles. The largest absolute Gasteiger partial charge is 0.479 e. The van der Waals surface area contributed by atoms with E-state index in [0.29, 0.717) is 0 Å². The Hall–Kier alpha value is -2.11. The van der Waals surface area contributed by atoms with Crippen LogP contribution in [0, 0.1) is 10.1 Å². The van der Waals surface area contributed by atoms with Gasteiger partial charge in [0.1, 0.15) is 0 Å². The Balaban J connectivity index is 3.04. The molecule has 0 aliphatic rings. The van der Waals surface area contributed by atoms with E-state index in [1.165, 1.54) is 12.1 Å². The van der Waals surface area contributed by atoms with Gasteiger partial charge >= 0.3 is 11.7 Å². The third kappa shape index (κ3) is 3.44. The summed E-state index contributed by atoms with van der Waals surface area (Å²) in [5.74, 6) is -1.05. The first-order valence-corrected chi connectivity index (χ1v) is 5.04. The van der Waals surface area contributed by atoms with Crippen molar-refractivity contribution in [3.05, 3.63) is 33.9 Å².